The summed E-state index contributed by atoms with van der Waals surface area (Å²) in [4.78, 5) is 25.4. The molecule has 0 heterocycles. The van der Waals surface area contributed by atoms with Gasteiger partial charge in [0, 0.05) is 12.8 Å². The van der Waals surface area contributed by atoms with Gasteiger partial charge in [0.05, 0.1) is 6.10 Å². The fourth-order valence-electron chi connectivity index (χ4n) is 4.47. The number of carbonyl (C=O) groups is 2. The molecule has 3 aromatic carbocycles. The van der Waals surface area contributed by atoms with Crippen LogP contribution >= 0.6 is 0 Å². The first-order chi connectivity index (χ1) is 18.0. The molecule has 6 nitrogen and oxygen atoms in total. The molecule has 6 heteroatoms. The molecule has 0 saturated heterocycles. The number of carboxylic acid groups (broad SMARTS) is 1. The molecule has 0 radical (unpaired) electrons. The zero-order valence-electron chi connectivity index (χ0n) is 22.5. The second kappa shape index (κ2) is 13.2. The number of amides is 1. The molecule has 0 spiro atoms. The summed E-state index contributed by atoms with van der Waals surface area (Å²) in [7, 11) is 0. The number of aliphatic carboxylic acids is 1. The Morgan fingerprint density at radius 2 is 1.24 bits per heavy atom. The van der Waals surface area contributed by atoms with E-state index in [1.54, 1.807) is 20.8 Å². The standard InChI is InChI=1S/C32H39NO5/c1-31(2,3)38-30(37)33-32(29(35)36,23-28(34)21-20-25-12-8-5-9-13-25)22-27-18-16-26(17-19-27)15-14-24-10-6-4-7-11-24/h4-13,16-19,28,34H,14-15,20-23H2,1-3H3,(H,33,37)(H,35,36)/t28-,32+/m0/s1. The molecule has 0 aliphatic rings. The van der Waals surface area contributed by atoms with Gasteiger partial charge in [0.25, 0.3) is 0 Å². The monoisotopic (exact) mass is 517 g/mol. The van der Waals surface area contributed by atoms with Crippen molar-refractivity contribution in [3.63, 3.8) is 0 Å². The number of alkyl carbamates (subject to hydrolysis) is 1. The number of carboxylic acids is 1. The van der Waals surface area contributed by atoms with Gasteiger partial charge in [-0.05, 0) is 68.7 Å². The third-order valence-electron chi connectivity index (χ3n) is 6.42. The van der Waals surface area contributed by atoms with Crippen LogP contribution in [0.15, 0.2) is 84.9 Å². The lowest BCUT2D eigenvalue weighted by molar-refractivity contribution is -0.146. The second-order valence-electron chi connectivity index (χ2n) is 10.9. The zero-order chi connectivity index (χ0) is 27.6. The largest absolute Gasteiger partial charge is 0.479 e. The fraction of sp³-hybridized carbons (Fsp3) is 0.375. The van der Waals surface area contributed by atoms with Crippen LogP contribution < -0.4 is 5.32 Å². The highest BCUT2D eigenvalue weighted by molar-refractivity contribution is 5.85. The molecule has 202 valence electrons. The van der Waals surface area contributed by atoms with E-state index in [0.717, 1.165) is 29.5 Å². The average Bonchev–Trinajstić information content (AvgIpc) is 2.87. The Labute approximate surface area is 225 Å². The van der Waals surface area contributed by atoms with Crippen molar-refractivity contribution in [2.24, 2.45) is 0 Å². The van der Waals surface area contributed by atoms with Gasteiger partial charge in [-0.1, -0.05) is 84.9 Å². The van der Waals surface area contributed by atoms with Crippen LogP contribution in [0.3, 0.4) is 0 Å². The smallest absolute Gasteiger partial charge is 0.408 e. The number of aryl methyl sites for hydroxylation is 3. The molecule has 0 bridgehead atoms. The number of aliphatic hydroxyl groups excluding tert-OH is 1. The van der Waals surface area contributed by atoms with Gasteiger partial charge in [0.1, 0.15) is 11.1 Å². The summed E-state index contributed by atoms with van der Waals surface area (Å²) in [5, 5.41) is 23.8. The number of hydrogen-bond acceptors (Lipinski definition) is 4. The van der Waals surface area contributed by atoms with E-state index < -0.39 is 29.3 Å². The number of rotatable bonds is 12. The van der Waals surface area contributed by atoms with Crippen LogP contribution in [0.2, 0.25) is 0 Å². The van der Waals surface area contributed by atoms with Crippen molar-refractivity contribution < 1.29 is 24.5 Å². The number of aliphatic hydroxyl groups is 1. The van der Waals surface area contributed by atoms with Crippen LogP contribution in [-0.4, -0.2) is 39.5 Å². The highest BCUT2D eigenvalue weighted by Gasteiger charge is 2.43. The molecular weight excluding hydrogens is 478 g/mol. The van der Waals surface area contributed by atoms with E-state index in [0.29, 0.717) is 12.8 Å². The van der Waals surface area contributed by atoms with Crippen LogP contribution in [0.25, 0.3) is 0 Å². The van der Waals surface area contributed by atoms with Crippen LogP contribution in [0.4, 0.5) is 4.79 Å². The first-order valence-electron chi connectivity index (χ1n) is 13.1. The highest BCUT2D eigenvalue weighted by Crippen LogP contribution is 2.24. The molecule has 2 atom stereocenters. The minimum atomic E-state index is -1.73. The molecule has 3 aromatic rings. The lowest BCUT2D eigenvalue weighted by atomic mass is 9.83. The van der Waals surface area contributed by atoms with Crippen LogP contribution in [0, 0.1) is 0 Å². The molecule has 3 rings (SSSR count). The van der Waals surface area contributed by atoms with Gasteiger partial charge in [-0.3, -0.25) is 0 Å². The highest BCUT2D eigenvalue weighted by atomic mass is 16.6. The molecule has 0 aliphatic heterocycles. The summed E-state index contributed by atoms with van der Waals surface area (Å²) in [5.74, 6) is -1.21. The van der Waals surface area contributed by atoms with E-state index in [9.17, 15) is 19.8 Å². The predicted molar refractivity (Wildman–Crippen MR) is 149 cm³/mol. The first-order valence-corrected chi connectivity index (χ1v) is 13.1. The fourth-order valence-corrected chi connectivity index (χ4v) is 4.47. The summed E-state index contributed by atoms with van der Waals surface area (Å²) in [6.45, 7) is 5.16. The number of ether oxygens (including phenoxy) is 1. The van der Waals surface area contributed by atoms with E-state index in [-0.39, 0.29) is 12.8 Å². The molecule has 0 unspecified atom stereocenters. The maximum Gasteiger partial charge on any atom is 0.408 e. The van der Waals surface area contributed by atoms with Crippen molar-refractivity contribution in [1.29, 1.82) is 0 Å². The summed E-state index contributed by atoms with van der Waals surface area (Å²) in [6.07, 6.45) is 0.845. The summed E-state index contributed by atoms with van der Waals surface area (Å²) in [6, 6.07) is 27.7. The summed E-state index contributed by atoms with van der Waals surface area (Å²) >= 11 is 0. The van der Waals surface area contributed by atoms with E-state index in [2.05, 4.69) is 17.4 Å². The number of hydrogen-bond donors (Lipinski definition) is 3. The minimum absolute atomic E-state index is 0.0168. The van der Waals surface area contributed by atoms with E-state index in [4.69, 9.17) is 4.74 Å². The van der Waals surface area contributed by atoms with Gasteiger partial charge in [-0.2, -0.15) is 0 Å². The maximum absolute atomic E-state index is 12.7. The van der Waals surface area contributed by atoms with Gasteiger partial charge >= 0.3 is 12.1 Å². The number of nitrogens with one attached hydrogen (secondary N) is 1. The molecule has 0 aromatic heterocycles. The van der Waals surface area contributed by atoms with Gasteiger partial charge in [0.15, 0.2) is 0 Å². The molecule has 0 fully saturated rings. The number of benzene rings is 3. The molecule has 0 saturated carbocycles. The SMILES string of the molecule is CC(C)(C)OC(=O)N[C@](Cc1ccc(CCc2ccccc2)cc1)(C[C@@H](O)CCc1ccccc1)C(=O)O. The molecule has 0 aliphatic carbocycles. The van der Waals surface area contributed by atoms with E-state index in [1.807, 2.05) is 72.8 Å². The predicted octanol–water partition coefficient (Wildman–Crippen LogP) is 5.75. The Balaban J connectivity index is 1.75. The van der Waals surface area contributed by atoms with Crippen molar-refractivity contribution in [1.82, 2.24) is 5.32 Å². The molecule has 1 amide bonds. The van der Waals surface area contributed by atoms with Gasteiger partial charge in [0.2, 0.25) is 0 Å². The summed E-state index contributed by atoms with van der Waals surface area (Å²) in [5.41, 5.74) is 1.68. The molecule has 38 heavy (non-hydrogen) atoms. The third-order valence-corrected chi connectivity index (χ3v) is 6.42. The van der Waals surface area contributed by atoms with Gasteiger partial charge in [-0.15, -0.1) is 0 Å². The van der Waals surface area contributed by atoms with Gasteiger partial charge < -0.3 is 20.3 Å². The topological polar surface area (TPSA) is 95.9 Å². The Morgan fingerprint density at radius 3 is 1.74 bits per heavy atom. The normalized spacial score (nSPS) is 13.8. The minimum Gasteiger partial charge on any atom is -0.479 e. The van der Waals surface area contributed by atoms with Gasteiger partial charge in [-0.25, -0.2) is 9.59 Å². The Bertz CT molecular complexity index is 1160. The van der Waals surface area contributed by atoms with Crippen molar-refractivity contribution in [3.05, 3.63) is 107 Å². The molecule has 3 N–H and O–H groups in total. The van der Waals surface area contributed by atoms with Crippen LogP contribution in [0.5, 0.6) is 0 Å². The van der Waals surface area contributed by atoms with E-state index in [1.165, 1.54) is 5.56 Å². The second-order valence-corrected chi connectivity index (χ2v) is 10.9. The first kappa shape index (κ1) is 28.9. The van der Waals surface area contributed by atoms with Crippen molar-refractivity contribution in [3.8, 4) is 0 Å². The Hall–Kier alpha value is -3.64. The Kier molecular flexibility index (Phi) is 10.1. The summed E-state index contributed by atoms with van der Waals surface area (Å²) < 4.78 is 5.39. The van der Waals surface area contributed by atoms with Crippen LogP contribution in [-0.2, 0) is 35.2 Å². The van der Waals surface area contributed by atoms with Crippen molar-refractivity contribution in [2.45, 2.75) is 76.5 Å². The third kappa shape index (κ3) is 9.34. The Morgan fingerprint density at radius 1 is 0.763 bits per heavy atom. The average molecular weight is 518 g/mol. The lowest BCUT2D eigenvalue weighted by Gasteiger charge is -2.33. The lowest BCUT2D eigenvalue weighted by Crippen LogP contribution is -2.58. The zero-order valence-corrected chi connectivity index (χ0v) is 22.5. The van der Waals surface area contributed by atoms with Crippen molar-refractivity contribution in [2.75, 3.05) is 0 Å². The van der Waals surface area contributed by atoms with Crippen molar-refractivity contribution >= 4 is 12.1 Å². The molecular formula is C32H39NO5. The van der Waals surface area contributed by atoms with Crippen LogP contribution in [0.1, 0.15) is 55.9 Å². The number of carbonyl (C=O) groups excluding carboxylic acids is 1. The maximum atomic E-state index is 12.7. The van der Waals surface area contributed by atoms with E-state index >= 15 is 0 Å². The quantitative estimate of drug-likeness (QED) is 0.284.